The van der Waals surface area contributed by atoms with Gasteiger partial charge in [0.15, 0.2) is 9.71 Å². The standard InChI is InChI=1S/C19H19N3OS3/c1-11-7-8-12-15(9-11)25-18(17(12)20-2)22-16(23)10-24-19-21-13-5-3-4-6-14(13)26-19/h3-6,11,17-18H,7-10H2,1H3,(H,22,23)/t11-,17?,18?/m1/s1. The fourth-order valence-corrected chi connectivity index (χ4v) is 6.91. The molecule has 0 saturated heterocycles. The van der Waals surface area contributed by atoms with Crippen molar-refractivity contribution in [2.45, 2.75) is 41.9 Å². The van der Waals surface area contributed by atoms with Crippen LogP contribution in [0.15, 0.2) is 39.1 Å². The molecule has 0 saturated carbocycles. The number of benzene rings is 1. The Kier molecular flexibility index (Phi) is 5.25. The minimum Gasteiger partial charge on any atom is -0.336 e. The molecule has 1 amide bonds. The predicted octanol–water partition coefficient (Wildman–Crippen LogP) is 4.94. The molecule has 4 nitrogen and oxygen atoms in total. The normalized spacial score (nSPS) is 25.2. The zero-order chi connectivity index (χ0) is 18.1. The molecule has 2 aliphatic rings. The minimum absolute atomic E-state index is 0.0201. The lowest BCUT2D eigenvalue weighted by molar-refractivity contribution is -0.118. The lowest BCUT2D eigenvalue weighted by Crippen LogP contribution is -2.39. The number of thiazole rings is 1. The van der Waals surface area contributed by atoms with Crippen molar-refractivity contribution in [1.29, 1.82) is 0 Å². The van der Waals surface area contributed by atoms with E-state index in [1.165, 1.54) is 22.2 Å². The summed E-state index contributed by atoms with van der Waals surface area (Å²) >= 11 is 4.78. The molecule has 7 heteroatoms. The third-order valence-corrected chi connectivity index (χ3v) is 8.28. The van der Waals surface area contributed by atoms with Crippen molar-refractivity contribution in [2.75, 3.05) is 5.75 Å². The van der Waals surface area contributed by atoms with Gasteiger partial charge in [0.1, 0.15) is 0 Å². The van der Waals surface area contributed by atoms with Crippen molar-refractivity contribution in [3.63, 3.8) is 0 Å². The van der Waals surface area contributed by atoms with Gasteiger partial charge in [-0.25, -0.2) is 11.6 Å². The van der Waals surface area contributed by atoms with Crippen molar-refractivity contribution >= 4 is 51.0 Å². The van der Waals surface area contributed by atoms with Gasteiger partial charge < -0.3 is 10.2 Å². The second-order valence-corrected chi connectivity index (χ2v) is 10.2. The molecule has 0 bridgehead atoms. The van der Waals surface area contributed by atoms with Crippen molar-refractivity contribution in [1.82, 2.24) is 10.3 Å². The van der Waals surface area contributed by atoms with Crippen LogP contribution in [0.1, 0.15) is 26.2 Å². The van der Waals surface area contributed by atoms with E-state index in [2.05, 4.69) is 22.1 Å². The van der Waals surface area contributed by atoms with Crippen LogP contribution in [0.4, 0.5) is 0 Å². The molecule has 26 heavy (non-hydrogen) atoms. The Morgan fingerprint density at radius 2 is 2.31 bits per heavy atom. The quantitative estimate of drug-likeness (QED) is 0.582. The molecule has 1 aromatic heterocycles. The molecule has 2 heterocycles. The van der Waals surface area contributed by atoms with Gasteiger partial charge in [0.2, 0.25) is 5.91 Å². The molecule has 2 unspecified atom stereocenters. The molecule has 2 aromatic rings. The van der Waals surface area contributed by atoms with E-state index in [1.54, 1.807) is 23.1 Å². The molecular weight excluding hydrogens is 382 g/mol. The van der Waals surface area contributed by atoms with Crippen LogP contribution in [-0.2, 0) is 4.79 Å². The first-order valence-corrected chi connectivity index (χ1v) is 11.3. The molecule has 1 aliphatic heterocycles. The monoisotopic (exact) mass is 401 g/mol. The van der Waals surface area contributed by atoms with Crippen molar-refractivity contribution in [3.8, 4) is 0 Å². The zero-order valence-electron chi connectivity index (χ0n) is 14.4. The summed E-state index contributed by atoms with van der Waals surface area (Å²) in [6.45, 7) is 9.82. The molecule has 1 aliphatic carbocycles. The smallest absolute Gasteiger partial charge is 0.275 e. The number of thioether (sulfide) groups is 2. The number of allylic oxidation sites excluding steroid dienone is 1. The highest BCUT2D eigenvalue weighted by atomic mass is 32.2. The summed E-state index contributed by atoms with van der Waals surface area (Å²) in [5.74, 6) is 0.993. The zero-order valence-corrected chi connectivity index (χ0v) is 16.8. The Morgan fingerprint density at radius 1 is 1.46 bits per heavy atom. The topological polar surface area (TPSA) is 46.4 Å². The van der Waals surface area contributed by atoms with E-state index in [-0.39, 0.29) is 17.3 Å². The SMILES string of the molecule is [C-]#[N+]C1C2=C(C[C@H](C)CC2)SC1NC(=O)CSc1nc2ccccc2s1. The number of carbonyl (C=O) groups is 1. The summed E-state index contributed by atoms with van der Waals surface area (Å²) in [7, 11) is 0. The number of amides is 1. The Morgan fingerprint density at radius 3 is 3.12 bits per heavy atom. The maximum atomic E-state index is 12.4. The molecule has 3 atom stereocenters. The molecule has 4 rings (SSSR count). The maximum absolute atomic E-state index is 12.4. The molecule has 0 spiro atoms. The number of nitrogens with one attached hydrogen (secondary N) is 1. The Balaban J connectivity index is 1.35. The van der Waals surface area contributed by atoms with Crippen LogP contribution >= 0.6 is 34.9 Å². The highest BCUT2D eigenvalue weighted by Crippen LogP contribution is 2.47. The Labute approximate surface area is 165 Å². The number of hydrogen-bond acceptors (Lipinski definition) is 5. The van der Waals surface area contributed by atoms with Gasteiger partial charge in [-0.05, 0) is 42.2 Å². The van der Waals surface area contributed by atoms with Crippen molar-refractivity contribution in [3.05, 3.63) is 46.2 Å². The average molecular weight is 402 g/mol. The summed E-state index contributed by atoms with van der Waals surface area (Å²) in [4.78, 5) is 22.1. The summed E-state index contributed by atoms with van der Waals surface area (Å²) in [6.07, 6.45) is 3.21. The van der Waals surface area contributed by atoms with E-state index < -0.39 is 0 Å². The summed E-state index contributed by atoms with van der Waals surface area (Å²) in [6, 6.07) is 7.81. The van der Waals surface area contributed by atoms with Crippen molar-refractivity contribution < 1.29 is 4.79 Å². The van der Waals surface area contributed by atoms with Gasteiger partial charge >= 0.3 is 0 Å². The fraction of sp³-hybridized carbons (Fsp3) is 0.421. The van der Waals surface area contributed by atoms with Gasteiger partial charge in [-0.15, -0.1) is 11.3 Å². The molecule has 1 N–H and O–H groups in total. The first-order chi connectivity index (χ1) is 12.6. The second-order valence-electron chi connectivity index (χ2n) is 6.71. The molecular formula is C19H19N3OS3. The van der Waals surface area contributed by atoms with Gasteiger partial charge in [0.25, 0.3) is 6.04 Å². The van der Waals surface area contributed by atoms with Gasteiger partial charge in [-0.2, -0.15) is 0 Å². The molecule has 0 fully saturated rings. The number of aromatic nitrogens is 1. The summed E-state index contributed by atoms with van der Waals surface area (Å²) in [5, 5.41) is 2.95. The predicted molar refractivity (Wildman–Crippen MR) is 110 cm³/mol. The van der Waals surface area contributed by atoms with Crippen LogP contribution in [0.25, 0.3) is 15.1 Å². The van der Waals surface area contributed by atoms with Crippen LogP contribution in [0.5, 0.6) is 0 Å². The number of para-hydroxylation sites is 1. The van der Waals surface area contributed by atoms with Gasteiger partial charge in [0.05, 0.1) is 16.0 Å². The lowest BCUT2D eigenvalue weighted by atomic mass is 9.88. The van der Waals surface area contributed by atoms with Crippen LogP contribution in [0.2, 0.25) is 0 Å². The number of rotatable bonds is 4. The van der Waals surface area contributed by atoms with E-state index in [1.807, 2.05) is 24.3 Å². The highest BCUT2D eigenvalue weighted by Gasteiger charge is 2.42. The number of nitrogens with zero attached hydrogens (tertiary/aromatic N) is 2. The van der Waals surface area contributed by atoms with Crippen molar-refractivity contribution in [2.24, 2.45) is 5.92 Å². The van der Waals surface area contributed by atoms with Crippen LogP contribution in [0, 0.1) is 12.5 Å². The maximum Gasteiger partial charge on any atom is 0.275 e. The first kappa shape index (κ1) is 17.9. The number of hydrogen-bond donors (Lipinski definition) is 1. The fourth-order valence-electron chi connectivity index (χ4n) is 3.42. The van der Waals surface area contributed by atoms with Gasteiger partial charge in [0, 0.05) is 5.57 Å². The van der Waals surface area contributed by atoms with Gasteiger partial charge in [-0.1, -0.05) is 42.6 Å². The first-order valence-electron chi connectivity index (χ1n) is 8.67. The molecule has 0 radical (unpaired) electrons. The molecule has 1 aromatic carbocycles. The van der Waals surface area contributed by atoms with Crippen LogP contribution < -0.4 is 5.32 Å². The van der Waals surface area contributed by atoms with Gasteiger partial charge in [-0.3, -0.25) is 4.79 Å². The van der Waals surface area contributed by atoms with Crippen LogP contribution in [-0.4, -0.2) is 28.1 Å². The highest BCUT2D eigenvalue weighted by molar-refractivity contribution is 8.04. The summed E-state index contributed by atoms with van der Waals surface area (Å²) < 4.78 is 2.05. The third-order valence-electron chi connectivity index (χ3n) is 4.75. The number of fused-ring (bicyclic) bond motifs is 1. The minimum atomic E-state index is -0.195. The van der Waals surface area contributed by atoms with E-state index >= 15 is 0 Å². The Bertz CT molecular complexity index is 881. The largest absolute Gasteiger partial charge is 0.336 e. The lowest BCUT2D eigenvalue weighted by Gasteiger charge is -2.18. The summed E-state index contributed by atoms with van der Waals surface area (Å²) in [5.41, 5.74) is 2.25. The third kappa shape index (κ3) is 3.64. The van der Waals surface area contributed by atoms with E-state index in [4.69, 9.17) is 6.57 Å². The number of carbonyl (C=O) groups excluding carboxylic acids is 1. The van der Waals surface area contributed by atoms with Crippen LogP contribution in [0.3, 0.4) is 0 Å². The Hall–Kier alpha value is -1.49. The average Bonchev–Trinajstić information content (AvgIpc) is 3.19. The van der Waals surface area contributed by atoms with E-state index in [0.717, 1.165) is 33.8 Å². The van der Waals surface area contributed by atoms with E-state index in [9.17, 15) is 4.79 Å². The van der Waals surface area contributed by atoms with E-state index in [0.29, 0.717) is 11.7 Å². The molecule has 134 valence electrons. The second kappa shape index (κ2) is 7.63.